The maximum Gasteiger partial charge on any atom is 0.256 e. The molecular formula is C25H28N2O4. The van der Waals surface area contributed by atoms with Crippen molar-refractivity contribution in [3.8, 4) is 5.75 Å². The molecule has 0 unspecified atom stereocenters. The number of hydrogen-bond donors (Lipinski definition) is 1. The molecule has 1 saturated heterocycles. The van der Waals surface area contributed by atoms with Gasteiger partial charge in [0.05, 0.1) is 18.9 Å². The van der Waals surface area contributed by atoms with Crippen LogP contribution in [0, 0.1) is 0 Å². The lowest BCUT2D eigenvalue weighted by atomic mass is 10.0. The largest absolute Gasteiger partial charge is 0.493 e. The van der Waals surface area contributed by atoms with Crippen molar-refractivity contribution in [3.63, 3.8) is 0 Å². The van der Waals surface area contributed by atoms with E-state index in [1.807, 2.05) is 36.4 Å². The first-order valence-electron chi connectivity index (χ1n) is 10.7. The van der Waals surface area contributed by atoms with Crippen LogP contribution < -0.4 is 15.6 Å². The summed E-state index contributed by atoms with van der Waals surface area (Å²) in [5, 5.41) is 3.75. The Bertz CT molecular complexity index is 1140. The van der Waals surface area contributed by atoms with Crippen molar-refractivity contribution in [2.45, 2.75) is 38.7 Å². The number of nitrogens with zero attached hydrogens (tertiary/aromatic N) is 1. The summed E-state index contributed by atoms with van der Waals surface area (Å²) < 4.78 is 17.2. The molecule has 31 heavy (non-hydrogen) atoms. The molecule has 0 saturated carbocycles. The molecule has 2 heterocycles. The molecule has 0 radical (unpaired) electrons. The van der Waals surface area contributed by atoms with Gasteiger partial charge in [-0.25, -0.2) is 4.99 Å². The molecule has 1 aromatic heterocycles. The predicted molar refractivity (Wildman–Crippen MR) is 120 cm³/mol. The fourth-order valence-electron chi connectivity index (χ4n) is 3.71. The SMILES string of the molecule is COc1cccc2cc(C(=O)NC[C@@H]3CCCO3)c(=Nc3cccc(C(C)C)c3)oc12. The number of fused-ring (bicyclic) bond motifs is 1. The molecule has 0 aliphatic carbocycles. The minimum Gasteiger partial charge on any atom is -0.493 e. The van der Waals surface area contributed by atoms with Crippen molar-refractivity contribution in [2.75, 3.05) is 20.3 Å². The normalized spacial score (nSPS) is 16.8. The van der Waals surface area contributed by atoms with Gasteiger partial charge in [-0.15, -0.1) is 0 Å². The number of hydrogen-bond acceptors (Lipinski definition) is 5. The highest BCUT2D eigenvalue weighted by atomic mass is 16.5. The quantitative estimate of drug-likeness (QED) is 0.627. The van der Waals surface area contributed by atoms with E-state index in [9.17, 15) is 4.79 Å². The summed E-state index contributed by atoms with van der Waals surface area (Å²) in [6.07, 6.45) is 2.04. The number of rotatable bonds is 6. The van der Waals surface area contributed by atoms with Crippen molar-refractivity contribution < 1.29 is 18.7 Å². The highest BCUT2D eigenvalue weighted by molar-refractivity contribution is 5.97. The van der Waals surface area contributed by atoms with Gasteiger partial charge in [-0.05, 0) is 48.6 Å². The molecule has 6 heteroatoms. The van der Waals surface area contributed by atoms with Gasteiger partial charge in [-0.3, -0.25) is 4.79 Å². The molecule has 1 atom stereocenters. The average molecular weight is 421 g/mol. The summed E-state index contributed by atoms with van der Waals surface area (Å²) in [6.45, 7) is 5.48. The Kier molecular flexibility index (Phi) is 6.37. The van der Waals surface area contributed by atoms with Crippen LogP contribution in [0.2, 0.25) is 0 Å². The Morgan fingerprint density at radius 3 is 2.81 bits per heavy atom. The van der Waals surface area contributed by atoms with Gasteiger partial charge in [-0.2, -0.15) is 0 Å². The van der Waals surface area contributed by atoms with E-state index < -0.39 is 0 Å². The monoisotopic (exact) mass is 420 g/mol. The van der Waals surface area contributed by atoms with Gasteiger partial charge in [0.25, 0.3) is 5.91 Å². The third-order valence-electron chi connectivity index (χ3n) is 5.48. The first-order valence-corrected chi connectivity index (χ1v) is 10.7. The minimum absolute atomic E-state index is 0.0598. The van der Waals surface area contributed by atoms with Crippen LogP contribution in [0.1, 0.15) is 48.5 Å². The maximum atomic E-state index is 13.1. The number of carbonyl (C=O) groups is 1. The Labute approximate surface area is 181 Å². The second-order valence-electron chi connectivity index (χ2n) is 8.05. The van der Waals surface area contributed by atoms with Gasteiger partial charge in [0.15, 0.2) is 11.3 Å². The van der Waals surface area contributed by atoms with Crippen LogP contribution in [0.25, 0.3) is 11.0 Å². The number of benzene rings is 2. The summed E-state index contributed by atoms with van der Waals surface area (Å²) in [6, 6.07) is 15.3. The van der Waals surface area contributed by atoms with Crippen LogP contribution in [0.5, 0.6) is 5.75 Å². The first kappa shape index (κ1) is 21.1. The Hall–Kier alpha value is -3.12. The van der Waals surface area contributed by atoms with Crippen LogP contribution in [-0.2, 0) is 4.74 Å². The average Bonchev–Trinajstić information content (AvgIpc) is 3.30. The lowest BCUT2D eigenvalue weighted by Gasteiger charge is -2.12. The van der Waals surface area contributed by atoms with Crippen molar-refractivity contribution in [3.05, 3.63) is 65.2 Å². The molecule has 0 bridgehead atoms. The second-order valence-corrected chi connectivity index (χ2v) is 8.05. The topological polar surface area (TPSA) is 73.1 Å². The molecule has 1 fully saturated rings. The van der Waals surface area contributed by atoms with Crippen LogP contribution in [-0.4, -0.2) is 32.3 Å². The number of amides is 1. The van der Waals surface area contributed by atoms with Gasteiger partial charge < -0.3 is 19.2 Å². The minimum atomic E-state index is -0.234. The maximum absolute atomic E-state index is 13.1. The highest BCUT2D eigenvalue weighted by Gasteiger charge is 2.19. The molecular weight excluding hydrogens is 392 g/mol. The molecule has 1 N–H and O–H groups in total. The van der Waals surface area contributed by atoms with E-state index in [1.165, 1.54) is 5.56 Å². The van der Waals surface area contributed by atoms with Gasteiger partial charge in [0, 0.05) is 18.5 Å². The van der Waals surface area contributed by atoms with E-state index in [1.54, 1.807) is 13.2 Å². The summed E-state index contributed by atoms with van der Waals surface area (Å²) in [4.78, 5) is 17.8. The Morgan fingerprint density at radius 1 is 1.23 bits per heavy atom. The predicted octanol–water partition coefficient (Wildman–Crippen LogP) is 4.71. The summed E-state index contributed by atoms with van der Waals surface area (Å²) in [7, 11) is 1.59. The standard InChI is InChI=1S/C25H28N2O4/c1-16(2)17-7-4-9-19(13-17)27-25-21(24(28)26-15-20-10-6-12-30-20)14-18-8-5-11-22(29-3)23(18)31-25/h4-5,7-9,11,13-14,16,20H,6,10,12,15H2,1-3H3,(H,26,28)/t20-/m0/s1. The zero-order chi connectivity index (χ0) is 21.8. The molecule has 1 aliphatic heterocycles. The van der Waals surface area contributed by atoms with Crippen LogP contribution in [0.3, 0.4) is 0 Å². The van der Waals surface area contributed by atoms with Crippen molar-refractivity contribution >= 4 is 22.6 Å². The van der Waals surface area contributed by atoms with Crippen molar-refractivity contribution in [2.24, 2.45) is 4.99 Å². The van der Waals surface area contributed by atoms with Crippen LogP contribution in [0.4, 0.5) is 5.69 Å². The number of ether oxygens (including phenoxy) is 2. The lowest BCUT2D eigenvalue weighted by molar-refractivity contribution is 0.0854. The van der Waals surface area contributed by atoms with Gasteiger partial charge in [0.2, 0.25) is 5.55 Å². The lowest BCUT2D eigenvalue weighted by Crippen LogP contribution is -2.34. The first-order chi connectivity index (χ1) is 15.0. The molecule has 3 aromatic rings. The molecule has 6 nitrogen and oxygen atoms in total. The highest BCUT2D eigenvalue weighted by Crippen LogP contribution is 2.25. The zero-order valence-corrected chi connectivity index (χ0v) is 18.2. The van der Waals surface area contributed by atoms with Gasteiger partial charge in [-0.1, -0.05) is 38.1 Å². The van der Waals surface area contributed by atoms with Crippen LogP contribution >= 0.6 is 0 Å². The Morgan fingerprint density at radius 2 is 2.06 bits per heavy atom. The van der Waals surface area contributed by atoms with E-state index >= 15 is 0 Å². The van der Waals surface area contributed by atoms with Crippen LogP contribution in [0.15, 0.2) is 57.9 Å². The number of methoxy groups -OCH3 is 1. The van der Waals surface area contributed by atoms with E-state index in [4.69, 9.17) is 18.9 Å². The molecule has 1 aliphatic rings. The summed E-state index contributed by atoms with van der Waals surface area (Å²) in [5.41, 5.74) is 3.09. The third kappa shape index (κ3) is 4.80. The zero-order valence-electron chi connectivity index (χ0n) is 18.2. The summed E-state index contributed by atoms with van der Waals surface area (Å²) in [5.74, 6) is 0.733. The number of para-hydroxylation sites is 1. The third-order valence-corrected chi connectivity index (χ3v) is 5.48. The van der Waals surface area contributed by atoms with E-state index in [0.29, 0.717) is 29.4 Å². The van der Waals surface area contributed by atoms with Crippen molar-refractivity contribution in [1.29, 1.82) is 0 Å². The molecule has 2 aromatic carbocycles. The van der Waals surface area contributed by atoms with E-state index in [0.717, 1.165) is 30.5 Å². The smallest absolute Gasteiger partial charge is 0.256 e. The molecule has 1 amide bonds. The fraction of sp³-hybridized carbons (Fsp3) is 0.360. The molecule has 162 valence electrons. The summed E-state index contributed by atoms with van der Waals surface area (Å²) >= 11 is 0. The van der Waals surface area contributed by atoms with Crippen molar-refractivity contribution in [1.82, 2.24) is 5.32 Å². The van der Waals surface area contributed by atoms with Gasteiger partial charge >= 0.3 is 0 Å². The number of carbonyl (C=O) groups excluding carboxylic acids is 1. The van der Waals surface area contributed by atoms with Gasteiger partial charge in [0.1, 0.15) is 5.56 Å². The Balaban J connectivity index is 1.79. The van der Waals surface area contributed by atoms with E-state index in [-0.39, 0.29) is 17.6 Å². The molecule has 4 rings (SSSR count). The number of nitrogens with one attached hydrogen (secondary N) is 1. The molecule has 0 spiro atoms. The van der Waals surface area contributed by atoms with E-state index in [2.05, 4.69) is 25.2 Å². The fourth-order valence-corrected chi connectivity index (χ4v) is 3.71. The second kappa shape index (κ2) is 9.35.